The summed E-state index contributed by atoms with van der Waals surface area (Å²) in [7, 11) is 1.99. The van der Waals surface area contributed by atoms with Gasteiger partial charge in [-0.2, -0.15) is 0 Å². The Kier molecular flexibility index (Phi) is 3.15. The van der Waals surface area contributed by atoms with Crippen LogP contribution in [0.4, 0.5) is 5.82 Å². The van der Waals surface area contributed by atoms with Crippen LogP contribution in [-0.4, -0.2) is 33.8 Å². The molecule has 1 aliphatic rings. The van der Waals surface area contributed by atoms with Gasteiger partial charge in [0.05, 0.1) is 17.9 Å². The number of imidazole rings is 1. The Labute approximate surface area is 106 Å². The van der Waals surface area contributed by atoms with Crippen LogP contribution < -0.4 is 5.32 Å². The summed E-state index contributed by atoms with van der Waals surface area (Å²) in [6.07, 6.45) is 7.51. The highest BCUT2D eigenvalue weighted by Gasteiger charge is 2.14. The summed E-state index contributed by atoms with van der Waals surface area (Å²) < 4.78 is 7.70. The molecule has 2 aromatic rings. The predicted octanol–water partition coefficient (Wildman–Crippen LogP) is 1.95. The number of nitrogens with one attached hydrogen (secondary N) is 1. The second-order valence-corrected chi connectivity index (χ2v) is 4.75. The molecule has 1 atom stereocenters. The molecule has 0 radical (unpaired) electrons. The van der Waals surface area contributed by atoms with Crippen molar-refractivity contribution in [3.63, 3.8) is 0 Å². The molecule has 96 valence electrons. The number of hydrogen-bond donors (Lipinski definition) is 1. The Morgan fingerprint density at radius 1 is 1.44 bits per heavy atom. The molecule has 2 aromatic heterocycles. The van der Waals surface area contributed by atoms with E-state index in [0.717, 1.165) is 36.4 Å². The lowest BCUT2D eigenvalue weighted by Crippen LogP contribution is -2.27. The van der Waals surface area contributed by atoms with Crippen molar-refractivity contribution >= 4 is 16.9 Å². The van der Waals surface area contributed by atoms with Crippen LogP contribution in [0.2, 0.25) is 0 Å². The first-order chi connectivity index (χ1) is 8.84. The maximum Gasteiger partial charge on any atom is 0.154 e. The average molecular weight is 246 g/mol. The summed E-state index contributed by atoms with van der Waals surface area (Å²) in [4.78, 5) is 8.74. The minimum absolute atomic E-state index is 0.305. The minimum Gasteiger partial charge on any atom is -0.376 e. The smallest absolute Gasteiger partial charge is 0.154 e. The fraction of sp³-hybridized carbons (Fsp3) is 0.538. The zero-order chi connectivity index (χ0) is 12.4. The van der Waals surface area contributed by atoms with Crippen LogP contribution in [0.15, 0.2) is 18.6 Å². The number of rotatable bonds is 3. The van der Waals surface area contributed by atoms with Gasteiger partial charge in [0.1, 0.15) is 5.52 Å². The van der Waals surface area contributed by atoms with Gasteiger partial charge in [-0.05, 0) is 25.3 Å². The van der Waals surface area contributed by atoms with Crippen molar-refractivity contribution in [1.82, 2.24) is 14.5 Å². The number of hydrogen-bond acceptors (Lipinski definition) is 4. The molecule has 1 aliphatic heterocycles. The Balaban J connectivity index is 1.74. The molecule has 1 saturated heterocycles. The molecule has 18 heavy (non-hydrogen) atoms. The van der Waals surface area contributed by atoms with E-state index in [1.807, 2.05) is 30.2 Å². The van der Waals surface area contributed by atoms with Crippen LogP contribution in [0, 0.1) is 0 Å². The first-order valence-electron chi connectivity index (χ1n) is 6.46. The van der Waals surface area contributed by atoms with Gasteiger partial charge < -0.3 is 14.6 Å². The van der Waals surface area contributed by atoms with Crippen molar-refractivity contribution in [2.24, 2.45) is 7.05 Å². The molecule has 0 aliphatic carbocycles. The average Bonchev–Trinajstić information content (AvgIpc) is 2.80. The highest BCUT2D eigenvalue weighted by atomic mass is 16.5. The topological polar surface area (TPSA) is 52.0 Å². The van der Waals surface area contributed by atoms with Crippen molar-refractivity contribution in [3.8, 4) is 0 Å². The lowest BCUT2D eigenvalue weighted by molar-refractivity contribution is 0.0247. The fourth-order valence-electron chi connectivity index (χ4n) is 2.37. The molecule has 1 fully saturated rings. The van der Waals surface area contributed by atoms with Crippen LogP contribution in [0.5, 0.6) is 0 Å². The van der Waals surface area contributed by atoms with Crippen LogP contribution in [0.3, 0.4) is 0 Å². The number of pyridine rings is 1. The molecule has 1 N–H and O–H groups in total. The van der Waals surface area contributed by atoms with Crippen molar-refractivity contribution in [2.45, 2.75) is 25.4 Å². The second kappa shape index (κ2) is 4.94. The number of anilines is 1. The summed E-state index contributed by atoms with van der Waals surface area (Å²) in [5, 5.41) is 3.36. The van der Waals surface area contributed by atoms with E-state index in [4.69, 9.17) is 4.74 Å². The van der Waals surface area contributed by atoms with E-state index < -0.39 is 0 Å². The lowest BCUT2D eigenvalue weighted by atomic mass is 10.1. The van der Waals surface area contributed by atoms with Gasteiger partial charge in [-0.3, -0.25) is 0 Å². The molecule has 0 amide bonds. The second-order valence-electron chi connectivity index (χ2n) is 4.75. The third-order valence-electron chi connectivity index (χ3n) is 3.41. The van der Waals surface area contributed by atoms with E-state index in [2.05, 4.69) is 15.3 Å². The van der Waals surface area contributed by atoms with E-state index in [0.29, 0.717) is 6.10 Å². The summed E-state index contributed by atoms with van der Waals surface area (Å²) in [6, 6.07) is 1.98. The van der Waals surface area contributed by atoms with Crippen LogP contribution in [-0.2, 0) is 11.8 Å². The van der Waals surface area contributed by atoms with Gasteiger partial charge in [-0.15, -0.1) is 0 Å². The van der Waals surface area contributed by atoms with Gasteiger partial charge >= 0.3 is 0 Å². The van der Waals surface area contributed by atoms with Gasteiger partial charge in [-0.25, -0.2) is 9.97 Å². The highest BCUT2D eigenvalue weighted by molar-refractivity contribution is 5.85. The van der Waals surface area contributed by atoms with Crippen molar-refractivity contribution in [2.75, 3.05) is 18.5 Å². The number of nitrogens with zero attached hydrogens (tertiary/aromatic N) is 3. The van der Waals surface area contributed by atoms with Crippen LogP contribution >= 0.6 is 0 Å². The quantitative estimate of drug-likeness (QED) is 0.899. The lowest BCUT2D eigenvalue weighted by Gasteiger charge is -2.22. The van der Waals surface area contributed by atoms with Gasteiger partial charge in [0.15, 0.2) is 5.82 Å². The Morgan fingerprint density at radius 2 is 2.39 bits per heavy atom. The van der Waals surface area contributed by atoms with Gasteiger partial charge in [0, 0.05) is 26.4 Å². The largest absolute Gasteiger partial charge is 0.376 e. The van der Waals surface area contributed by atoms with Gasteiger partial charge in [0.25, 0.3) is 0 Å². The molecule has 3 heterocycles. The first-order valence-corrected chi connectivity index (χ1v) is 6.46. The van der Waals surface area contributed by atoms with E-state index in [-0.39, 0.29) is 0 Å². The zero-order valence-electron chi connectivity index (χ0n) is 10.6. The minimum atomic E-state index is 0.305. The Morgan fingerprint density at radius 3 is 3.22 bits per heavy atom. The number of aromatic nitrogens is 3. The zero-order valence-corrected chi connectivity index (χ0v) is 10.6. The van der Waals surface area contributed by atoms with E-state index in [1.54, 1.807) is 0 Å². The van der Waals surface area contributed by atoms with Gasteiger partial charge in [-0.1, -0.05) is 0 Å². The molecule has 0 aromatic carbocycles. The van der Waals surface area contributed by atoms with Gasteiger partial charge in [0.2, 0.25) is 0 Å². The summed E-state index contributed by atoms with van der Waals surface area (Å²) in [5.74, 6) is 0.849. The first kappa shape index (κ1) is 11.5. The number of aryl methyl sites for hydroxylation is 1. The third-order valence-corrected chi connectivity index (χ3v) is 3.41. The van der Waals surface area contributed by atoms with E-state index in [9.17, 15) is 0 Å². The number of ether oxygens (including phenoxy) is 1. The molecule has 0 saturated carbocycles. The van der Waals surface area contributed by atoms with Crippen molar-refractivity contribution in [3.05, 3.63) is 18.6 Å². The third kappa shape index (κ3) is 2.18. The summed E-state index contributed by atoms with van der Waals surface area (Å²) in [5.41, 5.74) is 2.02. The summed E-state index contributed by atoms with van der Waals surface area (Å²) >= 11 is 0. The van der Waals surface area contributed by atoms with E-state index in [1.165, 1.54) is 12.8 Å². The molecule has 3 rings (SSSR count). The van der Waals surface area contributed by atoms with Crippen LogP contribution in [0.1, 0.15) is 19.3 Å². The standard InChI is InChI=1S/C13H18N4O/c1-17-9-16-12-11(17)5-6-14-13(12)15-8-10-4-2-3-7-18-10/h5-6,9-10H,2-4,7-8H2,1H3,(H,14,15). The fourth-order valence-corrected chi connectivity index (χ4v) is 2.37. The predicted molar refractivity (Wildman–Crippen MR) is 70.6 cm³/mol. The molecular formula is C13H18N4O. The van der Waals surface area contributed by atoms with Crippen LogP contribution in [0.25, 0.3) is 11.0 Å². The molecule has 0 bridgehead atoms. The molecular weight excluding hydrogens is 228 g/mol. The maximum atomic E-state index is 5.70. The van der Waals surface area contributed by atoms with Crippen molar-refractivity contribution in [1.29, 1.82) is 0 Å². The SMILES string of the molecule is Cn1cnc2c(NCC3CCCCO3)nccc21. The Hall–Kier alpha value is -1.62. The molecule has 5 heteroatoms. The maximum absolute atomic E-state index is 5.70. The highest BCUT2D eigenvalue weighted by Crippen LogP contribution is 2.19. The molecule has 1 unspecified atom stereocenters. The normalized spacial score (nSPS) is 20.2. The van der Waals surface area contributed by atoms with E-state index >= 15 is 0 Å². The molecule has 0 spiro atoms. The number of fused-ring (bicyclic) bond motifs is 1. The molecule has 5 nitrogen and oxygen atoms in total. The Bertz CT molecular complexity index is 531. The monoisotopic (exact) mass is 246 g/mol. The van der Waals surface area contributed by atoms with Crippen molar-refractivity contribution < 1.29 is 4.74 Å². The summed E-state index contributed by atoms with van der Waals surface area (Å²) in [6.45, 7) is 1.69.